The van der Waals surface area contributed by atoms with Crippen molar-refractivity contribution in [3.8, 4) is 0 Å². The Kier molecular flexibility index (Phi) is 5.19. The van der Waals surface area contributed by atoms with Gasteiger partial charge in [-0.1, -0.05) is 25.4 Å². The molecule has 0 fully saturated rings. The summed E-state index contributed by atoms with van der Waals surface area (Å²) in [6, 6.07) is 4.50. The third-order valence-electron chi connectivity index (χ3n) is 2.23. The van der Waals surface area contributed by atoms with E-state index in [1.54, 1.807) is 0 Å². The fourth-order valence-corrected chi connectivity index (χ4v) is 1.59. The number of hydrogen-bond acceptors (Lipinski definition) is 2. The standard InChI is InChI=1S/C12H17ClFNO/c1-8(2)15-7-11(16)6-9-5-10(14)3-4-12(9)13/h3-5,8,11,15-16H,6-7H2,1-2H3. The van der Waals surface area contributed by atoms with Gasteiger partial charge in [-0.2, -0.15) is 0 Å². The summed E-state index contributed by atoms with van der Waals surface area (Å²) >= 11 is 5.90. The smallest absolute Gasteiger partial charge is 0.123 e. The first-order valence-electron chi connectivity index (χ1n) is 5.34. The summed E-state index contributed by atoms with van der Waals surface area (Å²) in [6.45, 7) is 4.48. The molecule has 0 aliphatic heterocycles. The fourth-order valence-electron chi connectivity index (χ4n) is 1.40. The zero-order chi connectivity index (χ0) is 12.1. The number of halogens is 2. The summed E-state index contributed by atoms with van der Waals surface area (Å²) in [5.41, 5.74) is 0.639. The van der Waals surface area contributed by atoms with Gasteiger partial charge in [-0.25, -0.2) is 4.39 Å². The lowest BCUT2D eigenvalue weighted by molar-refractivity contribution is 0.169. The normalized spacial score (nSPS) is 13.1. The molecule has 0 bridgehead atoms. The van der Waals surface area contributed by atoms with Gasteiger partial charge in [0.2, 0.25) is 0 Å². The molecule has 0 aliphatic rings. The van der Waals surface area contributed by atoms with Gasteiger partial charge in [-0.15, -0.1) is 0 Å². The van der Waals surface area contributed by atoms with E-state index in [1.165, 1.54) is 18.2 Å². The molecule has 1 unspecified atom stereocenters. The van der Waals surface area contributed by atoms with Gasteiger partial charge in [0.25, 0.3) is 0 Å². The fraction of sp³-hybridized carbons (Fsp3) is 0.500. The number of aliphatic hydroxyl groups is 1. The third-order valence-corrected chi connectivity index (χ3v) is 2.59. The third kappa shape index (κ3) is 4.47. The SMILES string of the molecule is CC(C)NCC(O)Cc1cc(F)ccc1Cl. The van der Waals surface area contributed by atoms with Crippen LogP contribution < -0.4 is 5.32 Å². The zero-order valence-electron chi connectivity index (χ0n) is 9.50. The maximum Gasteiger partial charge on any atom is 0.123 e. The maximum atomic E-state index is 13.0. The second-order valence-electron chi connectivity index (χ2n) is 4.16. The van der Waals surface area contributed by atoms with Crippen molar-refractivity contribution in [2.24, 2.45) is 0 Å². The Morgan fingerprint density at radius 2 is 2.12 bits per heavy atom. The maximum absolute atomic E-state index is 13.0. The van der Waals surface area contributed by atoms with Crippen LogP contribution in [0.25, 0.3) is 0 Å². The Labute approximate surface area is 100 Å². The van der Waals surface area contributed by atoms with Gasteiger partial charge in [-0.05, 0) is 23.8 Å². The van der Waals surface area contributed by atoms with E-state index >= 15 is 0 Å². The van der Waals surface area contributed by atoms with Gasteiger partial charge in [0, 0.05) is 24.0 Å². The number of rotatable bonds is 5. The molecule has 0 aromatic heterocycles. The summed E-state index contributed by atoms with van der Waals surface area (Å²) in [6.07, 6.45) is -0.197. The Bertz CT molecular complexity index is 344. The molecular weight excluding hydrogens is 229 g/mol. The molecule has 1 aromatic carbocycles. The highest BCUT2D eigenvalue weighted by atomic mass is 35.5. The van der Waals surface area contributed by atoms with Crippen LogP contribution in [0, 0.1) is 5.82 Å². The first kappa shape index (κ1) is 13.4. The summed E-state index contributed by atoms with van der Waals surface area (Å²) < 4.78 is 13.0. The highest BCUT2D eigenvalue weighted by Gasteiger charge is 2.09. The highest BCUT2D eigenvalue weighted by molar-refractivity contribution is 6.31. The quantitative estimate of drug-likeness (QED) is 0.835. The van der Waals surface area contributed by atoms with Crippen molar-refractivity contribution in [1.82, 2.24) is 5.32 Å². The molecule has 0 amide bonds. The van der Waals surface area contributed by atoms with Crippen LogP contribution in [0.3, 0.4) is 0 Å². The van der Waals surface area contributed by atoms with Gasteiger partial charge >= 0.3 is 0 Å². The second kappa shape index (κ2) is 6.18. The van der Waals surface area contributed by atoms with Gasteiger partial charge in [0.15, 0.2) is 0 Å². The van der Waals surface area contributed by atoms with Crippen LogP contribution >= 0.6 is 11.6 Å². The molecule has 1 atom stereocenters. The topological polar surface area (TPSA) is 32.3 Å². The lowest BCUT2D eigenvalue weighted by Crippen LogP contribution is -2.33. The van der Waals surface area contributed by atoms with E-state index in [2.05, 4.69) is 5.32 Å². The molecule has 0 heterocycles. The van der Waals surface area contributed by atoms with E-state index in [0.29, 0.717) is 29.6 Å². The monoisotopic (exact) mass is 245 g/mol. The molecule has 0 aliphatic carbocycles. The predicted molar refractivity (Wildman–Crippen MR) is 64.3 cm³/mol. The summed E-state index contributed by atoms with van der Waals surface area (Å²) in [5, 5.41) is 13.3. The second-order valence-corrected chi connectivity index (χ2v) is 4.56. The molecule has 0 spiro atoms. The zero-order valence-corrected chi connectivity index (χ0v) is 10.3. The van der Waals surface area contributed by atoms with E-state index in [4.69, 9.17) is 11.6 Å². The van der Waals surface area contributed by atoms with Crippen molar-refractivity contribution in [2.45, 2.75) is 32.4 Å². The Morgan fingerprint density at radius 1 is 1.44 bits per heavy atom. The van der Waals surface area contributed by atoms with Gasteiger partial charge in [0.05, 0.1) is 6.10 Å². The Hall–Kier alpha value is -0.640. The van der Waals surface area contributed by atoms with Crippen molar-refractivity contribution in [1.29, 1.82) is 0 Å². The molecule has 16 heavy (non-hydrogen) atoms. The predicted octanol–water partition coefficient (Wildman–Crippen LogP) is 2.38. The number of benzene rings is 1. The van der Waals surface area contributed by atoms with Crippen molar-refractivity contribution in [3.63, 3.8) is 0 Å². The van der Waals surface area contributed by atoms with E-state index in [1.807, 2.05) is 13.8 Å². The van der Waals surface area contributed by atoms with Crippen LogP contribution in [0.15, 0.2) is 18.2 Å². The van der Waals surface area contributed by atoms with E-state index in [0.717, 1.165) is 0 Å². The van der Waals surface area contributed by atoms with Crippen molar-refractivity contribution >= 4 is 11.6 Å². The van der Waals surface area contributed by atoms with Crippen molar-refractivity contribution in [2.75, 3.05) is 6.54 Å². The Morgan fingerprint density at radius 3 is 2.75 bits per heavy atom. The molecule has 2 nitrogen and oxygen atoms in total. The highest BCUT2D eigenvalue weighted by Crippen LogP contribution is 2.18. The average Bonchev–Trinajstić information content (AvgIpc) is 2.20. The minimum absolute atomic E-state index is 0.317. The van der Waals surface area contributed by atoms with Gasteiger partial charge in [0.1, 0.15) is 5.82 Å². The molecule has 4 heteroatoms. The van der Waals surface area contributed by atoms with E-state index < -0.39 is 6.10 Å². The van der Waals surface area contributed by atoms with Crippen molar-refractivity contribution < 1.29 is 9.50 Å². The average molecular weight is 246 g/mol. The number of aliphatic hydroxyl groups excluding tert-OH is 1. The van der Waals surface area contributed by atoms with Crippen molar-refractivity contribution in [3.05, 3.63) is 34.6 Å². The van der Waals surface area contributed by atoms with Crippen LogP contribution in [0.4, 0.5) is 4.39 Å². The largest absolute Gasteiger partial charge is 0.391 e. The van der Waals surface area contributed by atoms with Crippen LogP contribution in [0.5, 0.6) is 0 Å². The van der Waals surface area contributed by atoms with Crippen LogP contribution in [-0.2, 0) is 6.42 Å². The summed E-state index contributed by atoms with van der Waals surface area (Å²) in [4.78, 5) is 0. The van der Waals surface area contributed by atoms with Crippen LogP contribution in [0.2, 0.25) is 5.02 Å². The summed E-state index contributed by atoms with van der Waals surface area (Å²) in [7, 11) is 0. The van der Waals surface area contributed by atoms with Gasteiger partial charge < -0.3 is 10.4 Å². The molecule has 0 radical (unpaired) electrons. The summed E-state index contributed by atoms with van der Waals surface area (Å²) in [5.74, 6) is -0.330. The first-order valence-corrected chi connectivity index (χ1v) is 5.72. The number of nitrogens with one attached hydrogen (secondary N) is 1. The first-order chi connectivity index (χ1) is 7.49. The van der Waals surface area contributed by atoms with E-state index in [-0.39, 0.29) is 5.82 Å². The molecule has 2 N–H and O–H groups in total. The molecule has 1 aromatic rings. The van der Waals surface area contributed by atoms with Crippen LogP contribution in [0.1, 0.15) is 19.4 Å². The Balaban J connectivity index is 2.55. The molecule has 90 valence electrons. The minimum atomic E-state index is -0.554. The molecule has 0 saturated heterocycles. The minimum Gasteiger partial charge on any atom is -0.391 e. The molecular formula is C12H17ClFNO. The van der Waals surface area contributed by atoms with Gasteiger partial charge in [-0.3, -0.25) is 0 Å². The number of hydrogen-bond donors (Lipinski definition) is 2. The molecule has 1 rings (SSSR count). The lowest BCUT2D eigenvalue weighted by atomic mass is 10.1. The lowest BCUT2D eigenvalue weighted by Gasteiger charge is -2.14. The molecule has 0 saturated carbocycles. The van der Waals surface area contributed by atoms with E-state index in [9.17, 15) is 9.50 Å². The van der Waals surface area contributed by atoms with Crippen LogP contribution in [-0.4, -0.2) is 23.8 Å².